The number of hydrogen-bond donors (Lipinski definition) is 1. The Morgan fingerprint density at radius 1 is 1.42 bits per heavy atom. The molecule has 1 unspecified atom stereocenters. The Morgan fingerprint density at radius 3 is 2.33 bits per heavy atom. The number of hydrogen-bond acceptors (Lipinski definition) is 2. The lowest BCUT2D eigenvalue weighted by Crippen LogP contribution is -2.59. The molecule has 2 fully saturated rings. The van der Waals surface area contributed by atoms with Crippen molar-refractivity contribution in [2.45, 2.75) is 32.7 Å². The molecule has 1 saturated heterocycles. The molecule has 1 heterocycles. The van der Waals surface area contributed by atoms with Crippen LogP contribution >= 0.6 is 0 Å². The lowest BCUT2D eigenvalue weighted by atomic mass is 9.82. The third kappa shape index (κ3) is 1.50. The van der Waals surface area contributed by atoms with Gasteiger partial charge in [-0.15, -0.1) is 0 Å². The predicted molar refractivity (Wildman–Crippen MR) is 50.9 cm³/mol. The molecule has 0 amide bonds. The van der Waals surface area contributed by atoms with Crippen LogP contribution in [0.4, 0.5) is 0 Å². The number of likely N-dealkylation sites (tertiary alicyclic amines) is 1. The molecule has 0 radical (unpaired) electrons. The van der Waals surface area contributed by atoms with Gasteiger partial charge in [-0.05, 0) is 24.2 Å². The first-order valence-electron chi connectivity index (χ1n) is 5.06. The monoisotopic (exact) mass is 168 g/mol. The second-order valence-electron chi connectivity index (χ2n) is 5.21. The van der Waals surface area contributed by atoms with E-state index < -0.39 is 0 Å². The molecule has 1 saturated carbocycles. The number of nitrogens with zero attached hydrogens (tertiary/aromatic N) is 1. The van der Waals surface area contributed by atoms with Crippen molar-refractivity contribution >= 4 is 0 Å². The van der Waals surface area contributed by atoms with Crippen molar-refractivity contribution in [2.24, 2.45) is 17.1 Å². The van der Waals surface area contributed by atoms with Crippen molar-refractivity contribution in [1.29, 1.82) is 0 Å². The lowest BCUT2D eigenvalue weighted by molar-refractivity contribution is -0.0102. The normalized spacial score (nSPS) is 31.2. The van der Waals surface area contributed by atoms with E-state index in [0.717, 1.165) is 12.5 Å². The molecule has 1 aliphatic carbocycles. The Bertz CT molecular complexity index is 165. The SMILES string of the molecule is CC1(C)CN(C(CN)C2CC2)C1. The van der Waals surface area contributed by atoms with Crippen LogP contribution in [0.15, 0.2) is 0 Å². The van der Waals surface area contributed by atoms with Crippen LogP contribution in [-0.2, 0) is 0 Å². The molecule has 1 aliphatic heterocycles. The molecular formula is C10H20N2. The summed E-state index contributed by atoms with van der Waals surface area (Å²) in [5.74, 6) is 0.936. The van der Waals surface area contributed by atoms with Crippen molar-refractivity contribution in [3.63, 3.8) is 0 Å². The van der Waals surface area contributed by atoms with E-state index in [1.165, 1.54) is 25.9 Å². The maximum Gasteiger partial charge on any atom is 0.0247 e. The first-order valence-corrected chi connectivity index (χ1v) is 5.06. The van der Waals surface area contributed by atoms with Gasteiger partial charge >= 0.3 is 0 Å². The van der Waals surface area contributed by atoms with E-state index in [1.54, 1.807) is 0 Å². The number of nitrogens with two attached hydrogens (primary N) is 1. The molecule has 2 rings (SSSR count). The Kier molecular flexibility index (Phi) is 1.92. The molecule has 0 spiro atoms. The smallest absolute Gasteiger partial charge is 0.0247 e. The molecule has 0 aromatic heterocycles. The topological polar surface area (TPSA) is 29.3 Å². The maximum atomic E-state index is 5.77. The second kappa shape index (κ2) is 2.71. The van der Waals surface area contributed by atoms with Crippen molar-refractivity contribution < 1.29 is 0 Å². The van der Waals surface area contributed by atoms with Crippen molar-refractivity contribution in [3.05, 3.63) is 0 Å². The Hall–Kier alpha value is -0.0800. The molecular weight excluding hydrogens is 148 g/mol. The minimum Gasteiger partial charge on any atom is -0.329 e. The average molecular weight is 168 g/mol. The Morgan fingerprint density at radius 2 is 2.00 bits per heavy atom. The zero-order valence-corrected chi connectivity index (χ0v) is 8.21. The fourth-order valence-electron chi connectivity index (χ4n) is 2.41. The fraction of sp³-hybridized carbons (Fsp3) is 1.00. The van der Waals surface area contributed by atoms with Gasteiger partial charge in [-0.1, -0.05) is 13.8 Å². The van der Waals surface area contributed by atoms with Crippen molar-refractivity contribution in [3.8, 4) is 0 Å². The fourth-order valence-corrected chi connectivity index (χ4v) is 2.41. The highest BCUT2D eigenvalue weighted by Crippen LogP contribution is 2.40. The van der Waals surface area contributed by atoms with E-state index in [1.807, 2.05) is 0 Å². The highest BCUT2D eigenvalue weighted by atomic mass is 15.2. The zero-order chi connectivity index (χ0) is 8.77. The van der Waals surface area contributed by atoms with Crippen LogP contribution in [-0.4, -0.2) is 30.6 Å². The zero-order valence-electron chi connectivity index (χ0n) is 8.21. The summed E-state index contributed by atoms with van der Waals surface area (Å²) in [7, 11) is 0. The molecule has 12 heavy (non-hydrogen) atoms. The minimum absolute atomic E-state index is 0.558. The highest BCUT2D eigenvalue weighted by molar-refractivity contribution is 4.97. The van der Waals surface area contributed by atoms with Gasteiger partial charge < -0.3 is 5.73 Å². The molecule has 2 N–H and O–H groups in total. The van der Waals surface area contributed by atoms with Gasteiger partial charge in [-0.2, -0.15) is 0 Å². The quantitative estimate of drug-likeness (QED) is 0.683. The third-order valence-corrected chi connectivity index (χ3v) is 3.14. The number of rotatable bonds is 3. The first-order chi connectivity index (χ1) is 5.62. The van der Waals surface area contributed by atoms with Crippen LogP contribution in [0.3, 0.4) is 0 Å². The van der Waals surface area contributed by atoms with Crippen molar-refractivity contribution in [2.75, 3.05) is 19.6 Å². The van der Waals surface area contributed by atoms with Crippen LogP contribution in [0.5, 0.6) is 0 Å². The molecule has 70 valence electrons. The Balaban J connectivity index is 1.84. The molecule has 1 atom stereocenters. The van der Waals surface area contributed by atoms with Gasteiger partial charge in [0.1, 0.15) is 0 Å². The maximum absolute atomic E-state index is 5.77. The van der Waals surface area contributed by atoms with Gasteiger partial charge in [0.25, 0.3) is 0 Å². The summed E-state index contributed by atoms with van der Waals surface area (Å²) in [6.45, 7) is 8.05. The summed E-state index contributed by atoms with van der Waals surface area (Å²) in [6, 6.07) is 0.707. The highest BCUT2D eigenvalue weighted by Gasteiger charge is 2.43. The van der Waals surface area contributed by atoms with E-state index in [-0.39, 0.29) is 0 Å². The van der Waals surface area contributed by atoms with Crippen LogP contribution < -0.4 is 5.73 Å². The molecule has 2 aliphatic rings. The second-order valence-corrected chi connectivity index (χ2v) is 5.21. The van der Waals surface area contributed by atoms with Crippen LogP contribution in [0.1, 0.15) is 26.7 Å². The van der Waals surface area contributed by atoms with Crippen LogP contribution in [0, 0.1) is 11.3 Å². The molecule has 0 aromatic rings. The minimum atomic E-state index is 0.558. The molecule has 2 nitrogen and oxygen atoms in total. The molecule has 2 heteroatoms. The standard InChI is InChI=1S/C10H20N2/c1-10(2)6-12(7-10)9(5-11)8-3-4-8/h8-9H,3-7,11H2,1-2H3. The predicted octanol–water partition coefficient (Wildman–Crippen LogP) is 1.07. The van der Waals surface area contributed by atoms with Gasteiger partial charge in [-0.3, -0.25) is 4.90 Å². The lowest BCUT2D eigenvalue weighted by Gasteiger charge is -2.50. The largest absolute Gasteiger partial charge is 0.329 e. The third-order valence-electron chi connectivity index (χ3n) is 3.14. The molecule has 0 bridgehead atoms. The van der Waals surface area contributed by atoms with Gasteiger partial charge in [0.15, 0.2) is 0 Å². The first kappa shape index (κ1) is 8.52. The van der Waals surface area contributed by atoms with Gasteiger partial charge in [0.05, 0.1) is 0 Å². The summed E-state index contributed by atoms with van der Waals surface area (Å²) in [5.41, 5.74) is 6.33. The van der Waals surface area contributed by atoms with E-state index in [9.17, 15) is 0 Å². The van der Waals surface area contributed by atoms with E-state index >= 15 is 0 Å². The molecule has 0 aromatic carbocycles. The van der Waals surface area contributed by atoms with E-state index in [2.05, 4.69) is 18.7 Å². The summed E-state index contributed by atoms with van der Waals surface area (Å²) < 4.78 is 0. The van der Waals surface area contributed by atoms with Crippen molar-refractivity contribution in [1.82, 2.24) is 4.90 Å². The summed E-state index contributed by atoms with van der Waals surface area (Å²) in [5, 5.41) is 0. The van der Waals surface area contributed by atoms with E-state index in [4.69, 9.17) is 5.73 Å². The Labute approximate surface area is 75.1 Å². The van der Waals surface area contributed by atoms with Gasteiger partial charge in [0, 0.05) is 25.7 Å². The summed E-state index contributed by atoms with van der Waals surface area (Å²) in [6.07, 6.45) is 2.83. The summed E-state index contributed by atoms with van der Waals surface area (Å²) >= 11 is 0. The average Bonchev–Trinajstić information content (AvgIpc) is 2.68. The summed E-state index contributed by atoms with van der Waals surface area (Å²) in [4.78, 5) is 2.57. The van der Waals surface area contributed by atoms with Gasteiger partial charge in [-0.25, -0.2) is 0 Å². The van der Waals surface area contributed by atoms with E-state index in [0.29, 0.717) is 11.5 Å². The van der Waals surface area contributed by atoms with Crippen LogP contribution in [0.2, 0.25) is 0 Å². The van der Waals surface area contributed by atoms with Gasteiger partial charge in [0.2, 0.25) is 0 Å². The van der Waals surface area contributed by atoms with Crippen LogP contribution in [0.25, 0.3) is 0 Å².